The zero-order chi connectivity index (χ0) is 14.3. The van der Waals surface area contributed by atoms with Gasteiger partial charge in [0.2, 0.25) is 0 Å². The van der Waals surface area contributed by atoms with E-state index in [1.165, 1.54) is 5.56 Å². The topological polar surface area (TPSA) is 44.5 Å². The number of hydrogen-bond donors (Lipinski definition) is 1. The highest BCUT2D eigenvalue weighted by Crippen LogP contribution is 2.24. The van der Waals surface area contributed by atoms with E-state index in [1.54, 1.807) is 0 Å². The van der Waals surface area contributed by atoms with Gasteiger partial charge in [-0.2, -0.15) is 0 Å². The first kappa shape index (κ1) is 16.0. The fraction of sp³-hybridized carbons (Fsp3) is 0.625. The lowest BCUT2D eigenvalue weighted by Crippen LogP contribution is -2.12. The van der Waals surface area contributed by atoms with Crippen LogP contribution in [0.5, 0.6) is 5.75 Å². The molecule has 0 aliphatic rings. The van der Waals surface area contributed by atoms with Gasteiger partial charge in [0.25, 0.3) is 0 Å². The fourth-order valence-corrected chi connectivity index (χ4v) is 1.77. The lowest BCUT2D eigenvalue weighted by Gasteiger charge is -2.15. The highest BCUT2D eigenvalue weighted by Gasteiger charge is 2.08. The standard InChI is InChI=1S/C16H27NO2/c1-12(2)7-8-18-9-10-19-16-11-13(3)5-6-15(16)14(4)17/h5-6,11-12,14H,7-10,17H2,1-4H3. The van der Waals surface area contributed by atoms with E-state index < -0.39 is 0 Å². The highest BCUT2D eigenvalue weighted by atomic mass is 16.5. The quantitative estimate of drug-likeness (QED) is 0.732. The maximum atomic E-state index is 5.94. The average molecular weight is 265 g/mol. The average Bonchev–Trinajstić information content (AvgIpc) is 2.33. The first-order chi connectivity index (χ1) is 9.00. The molecule has 0 heterocycles. The van der Waals surface area contributed by atoms with Crippen LogP contribution >= 0.6 is 0 Å². The molecule has 0 aliphatic heterocycles. The summed E-state index contributed by atoms with van der Waals surface area (Å²) in [7, 11) is 0. The van der Waals surface area contributed by atoms with Crippen LogP contribution in [0.2, 0.25) is 0 Å². The zero-order valence-electron chi connectivity index (χ0n) is 12.6. The summed E-state index contributed by atoms with van der Waals surface area (Å²) in [6.07, 6.45) is 1.09. The van der Waals surface area contributed by atoms with E-state index in [1.807, 2.05) is 19.1 Å². The van der Waals surface area contributed by atoms with Crippen LogP contribution in [-0.2, 0) is 4.74 Å². The normalized spacial score (nSPS) is 12.7. The van der Waals surface area contributed by atoms with Crippen molar-refractivity contribution in [3.05, 3.63) is 29.3 Å². The second-order valence-electron chi connectivity index (χ2n) is 5.47. The maximum absolute atomic E-state index is 5.94. The van der Waals surface area contributed by atoms with Crippen molar-refractivity contribution in [1.82, 2.24) is 0 Å². The van der Waals surface area contributed by atoms with Crippen LogP contribution < -0.4 is 10.5 Å². The Labute approximate surface area is 117 Å². The number of rotatable bonds is 8. The van der Waals surface area contributed by atoms with E-state index in [2.05, 4.69) is 26.8 Å². The number of ether oxygens (including phenoxy) is 2. The van der Waals surface area contributed by atoms with Crippen LogP contribution in [-0.4, -0.2) is 19.8 Å². The molecule has 1 atom stereocenters. The van der Waals surface area contributed by atoms with Crippen LogP contribution in [0.4, 0.5) is 0 Å². The van der Waals surface area contributed by atoms with E-state index in [4.69, 9.17) is 15.2 Å². The molecule has 0 bridgehead atoms. The SMILES string of the molecule is Cc1ccc(C(C)N)c(OCCOCCC(C)C)c1. The number of nitrogens with two attached hydrogens (primary N) is 1. The van der Waals surface area contributed by atoms with E-state index >= 15 is 0 Å². The van der Waals surface area contributed by atoms with Crippen LogP contribution in [0.15, 0.2) is 18.2 Å². The summed E-state index contributed by atoms with van der Waals surface area (Å²) in [6.45, 7) is 10.4. The molecule has 0 fully saturated rings. The molecule has 1 aromatic carbocycles. The Balaban J connectivity index is 2.38. The predicted molar refractivity (Wildman–Crippen MR) is 79.6 cm³/mol. The fourth-order valence-electron chi connectivity index (χ4n) is 1.77. The first-order valence-corrected chi connectivity index (χ1v) is 7.07. The number of aryl methyl sites for hydroxylation is 1. The molecule has 3 heteroatoms. The van der Waals surface area contributed by atoms with Crippen molar-refractivity contribution in [2.75, 3.05) is 19.8 Å². The third-order valence-corrected chi connectivity index (χ3v) is 2.98. The van der Waals surface area contributed by atoms with Crippen LogP contribution in [0.25, 0.3) is 0 Å². The molecule has 0 aromatic heterocycles. The number of benzene rings is 1. The summed E-state index contributed by atoms with van der Waals surface area (Å²) in [5, 5.41) is 0. The number of hydrogen-bond acceptors (Lipinski definition) is 3. The Kier molecular flexibility index (Phi) is 6.89. The van der Waals surface area contributed by atoms with E-state index in [0.717, 1.165) is 24.3 Å². The molecular weight excluding hydrogens is 238 g/mol. The highest BCUT2D eigenvalue weighted by molar-refractivity contribution is 5.38. The Morgan fingerprint density at radius 3 is 2.47 bits per heavy atom. The van der Waals surface area contributed by atoms with Crippen LogP contribution in [0.3, 0.4) is 0 Å². The van der Waals surface area contributed by atoms with Gasteiger partial charge in [0.15, 0.2) is 0 Å². The largest absolute Gasteiger partial charge is 0.491 e. The maximum Gasteiger partial charge on any atom is 0.124 e. The van der Waals surface area contributed by atoms with Crippen LogP contribution in [0.1, 0.15) is 44.4 Å². The van der Waals surface area contributed by atoms with E-state index in [9.17, 15) is 0 Å². The zero-order valence-corrected chi connectivity index (χ0v) is 12.6. The molecule has 0 amide bonds. The van der Waals surface area contributed by atoms with Crippen LogP contribution in [0, 0.1) is 12.8 Å². The Hall–Kier alpha value is -1.06. The molecule has 0 aliphatic carbocycles. The first-order valence-electron chi connectivity index (χ1n) is 7.07. The van der Waals surface area contributed by atoms with Gasteiger partial charge in [-0.3, -0.25) is 0 Å². The summed E-state index contributed by atoms with van der Waals surface area (Å²) >= 11 is 0. The van der Waals surface area contributed by atoms with Gasteiger partial charge in [-0.15, -0.1) is 0 Å². The Bertz CT molecular complexity index is 375. The van der Waals surface area contributed by atoms with Crippen molar-refractivity contribution in [2.45, 2.75) is 40.2 Å². The van der Waals surface area contributed by atoms with Crippen molar-refractivity contribution < 1.29 is 9.47 Å². The summed E-state index contributed by atoms with van der Waals surface area (Å²) in [5.74, 6) is 1.56. The van der Waals surface area contributed by atoms with Gasteiger partial charge in [-0.25, -0.2) is 0 Å². The predicted octanol–water partition coefficient (Wildman–Crippen LogP) is 3.46. The van der Waals surface area contributed by atoms with Crippen molar-refractivity contribution in [3.63, 3.8) is 0 Å². The Morgan fingerprint density at radius 1 is 1.11 bits per heavy atom. The smallest absolute Gasteiger partial charge is 0.124 e. The lowest BCUT2D eigenvalue weighted by atomic mass is 10.1. The monoisotopic (exact) mass is 265 g/mol. The minimum Gasteiger partial charge on any atom is -0.491 e. The Morgan fingerprint density at radius 2 is 1.84 bits per heavy atom. The molecule has 1 rings (SSSR count). The van der Waals surface area contributed by atoms with E-state index in [0.29, 0.717) is 19.1 Å². The molecule has 0 saturated heterocycles. The van der Waals surface area contributed by atoms with Gasteiger partial charge in [0.1, 0.15) is 12.4 Å². The van der Waals surface area contributed by atoms with Gasteiger partial charge in [-0.1, -0.05) is 26.0 Å². The van der Waals surface area contributed by atoms with Gasteiger partial charge in [-0.05, 0) is 37.8 Å². The minimum atomic E-state index is -0.0162. The summed E-state index contributed by atoms with van der Waals surface area (Å²) in [5.41, 5.74) is 8.17. The molecular formula is C16H27NO2. The molecule has 2 N–H and O–H groups in total. The van der Waals surface area contributed by atoms with Gasteiger partial charge in [0, 0.05) is 18.2 Å². The molecule has 1 aromatic rings. The van der Waals surface area contributed by atoms with E-state index in [-0.39, 0.29) is 6.04 Å². The second-order valence-corrected chi connectivity index (χ2v) is 5.47. The summed E-state index contributed by atoms with van der Waals surface area (Å²) in [6, 6.07) is 6.12. The molecule has 3 nitrogen and oxygen atoms in total. The molecule has 0 radical (unpaired) electrons. The van der Waals surface area contributed by atoms with Gasteiger partial charge >= 0.3 is 0 Å². The van der Waals surface area contributed by atoms with Crippen molar-refractivity contribution in [3.8, 4) is 5.75 Å². The minimum absolute atomic E-state index is 0.0162. The molecule has 0 saturated carbocycles. The second kappa shape index (κ2) is 8.18. The molecule has 0 spiro atoms. The summed E-state index contributed by atoms with van der Waals surface area (Å²) in [4.78, 5) is 0. The van der Waals surface area contributed by atoms with Crippen molar-refractivity contribution >= 4 is 0 Å². The third kappa shape index (κ3) is 6.08. The van der Waals surface area contributed by atoms with Gasteiger partial charge in [0.05, 0.1) is 6.61 Å². The van der Waals surface area contributed by atoms with Crippen molar-refractivity contribution in [1.29, 1.82) is 0 Å². The van der Waals surface area contributed by atoms with Gasteiger partial charge < -0.3 is 15.2 Å². The molecule has 1 unspecified atom stereocenters. The summed E-state index contributed by atoms with van der Waals surface area (Å²) < 4.78 is 11.3. The lowest BCUT2D eigenvalue weighted by molar-refractivity contribution is 0.0921. The molecule has 108 valence electrons. The third-order valence-electron chi connectivity index (χ3n) is 2.98. The van der Waals surface area contributed by atoms with Crippen molar-refractivity contribution in [2.24, 2.45) is 11.7 Å². The molecule has 19 heavy (non-hydrogen) atoms.